The number of amides is 1. The van der Waals surface area contributed by atoms with Crippen LogP contribution in [-0.2, 0) is 4.74 Å². The minimum Gasteiger partial charge on any atom is -0.471 e. The van der Waals surface area contributed by atoms with Crippen LogP contribution in [0.4, 0.5) is 18.0 Å². The number of ether oxygens (including phenoxy) is 3. The van der Waals surface area contributed by atoms with Gasteiger partial charge >= 0.3 is 12.1 Å². The summed E-state index contributed by atoms with van der Waals surface area (Å²) >= 11 is 0. The number of benzene rings is 2. The summed E-state index contributed by atoms with van der Waals surface area (Å²) in [5, 5.41) is 1.38. The third-order valence-corrected chi connectivity index (χ3v) is 19.2. The number of pyridine rings is 1. The lowest BCUT2D eigenvalue weighted by atomic mass is 9.95. The van der Waals surface area contributed by atoms with Crippen LogP contribution in [0.1, 0.15) is 100 Å². The molecule has 3 saturated heterocycles. The maximum atomic E-state index is 17.4. The van der Waals surface area contributed by atoms with Gasteiger partial charge in [-0.05, 0) is 75.2 Å². The molecule has 3 aliphatic rings. The number of likely N-dealkylation sites (tertiary alicyclic amines) is 1. The quantitative estimate of drug-likeness (QED) is 0.122. The Kier molecular flexibility index (Phi) is 11.7. The van der Waals surface area contributed by atoms with Crippen LogP contribution in [0.15, 0.2) is 36.5 Å². The summed E-state index contributed by atoms with van der Waals surface area (Å²) < 4.78 is 66.6. The summed E-state index contributed by atoms with van der Waals surface area (Å²) in [7, 11) is -2.26. The van der Waals surface area contributed by atoms with Gasteiger partial charge in [-0.2, -0.15) is 9.97 Å². The van der Waals surface area contributed by atoms with E-state index in [2.05, 4.69) is 72.9 Å². The molecule has 4 atom stereocenters. The number of rotatable bonds is 9. The van der Waals surface area contributed by atoms with E-state index in [1.165, 1.54) is 12.3 Å². The van der Waals surface area contributed by atoms with E-state index in [0.29, 0.717) is 58.9 Å². The number of hydrogen-bond acceptors (Lipinski definition) is 8. The number of fused-ring (bicyclic) bond motifs is 3. The number of carbonyl (C=O) groups is 1. The lowest BCUT2D eigenvalue weighted by Crippen LogP contribution is -2.43. The van der Waals surface area contributed by atoms with Gasteiger partial charge in [-0.1, -0.05) is 71.7 Å². The molecule has 1 amide bonds. The molecule has 3 fully saturated rings. The molecule has 13 heteroatoms. The molecule has 0 spiro atoms. The number of nitrogens with zero attached hydrogens (tertiary/aromatic N) is 5. The maximum absolute atomic E-state index is 17.4. The van der Waals surface area contributed by atoms with Crippen LogP contribution in [0.5, 0.6) is 11.9 Å². The Morgan fingerprint density at radius 2 is 1.76 bits per heavy atom. The Labute approximate surface area is 347 Å². The average molecular weight is 830 g/mol. The van der Waals surface area contributed by atoms with Crippen molar-refractivity contribution in [1.82, 2.24) is 24.8 Å². The third-order valence-electron chi connectivity index (χ3n) is 13.0. The molecule has 59 heavy (non-hydrogen) atoms. The van der Waals surface area contributed by atoms with Gasteiger partial charge in [0.15, 0.2) is 5.82 Å². The largest absolute Gasteiger partial charge is 0.471 e. The Morgan fingerprint density at radius 3 is 2.46 bits per heavy atom. The van der Waals surface area contributed by atoms with E-state index >= 15 is 8.78 Å². The fraction of sp³-hybridized carbons (Fsp3) is 0.565. The van der Waals surface area contributed by atoms with Crippen LogP contribution in [0.3, 0.4) is 0 Å². The van der Waals surface area contributed by atoms with Gasteiger partial charge in [-0.15, -0.1) is 5.54 Å². The summed E-state index contributed by atoms with van der Waals surface area (Å²) in [5.41, 5.74) is 3.93. The summed E-state index contributed by atoms with van der Waals surface area (Å²) in [6.45, 7) is 22.2. The van der Waals surface area contributed by atoms with Gasteiger partial charge in [0.25, 0.3) is 0 Å². The van der Waals surface area contributed by atoms with E-state index in [1.54, 1.807) is 23.1 Å². The Hall–Kier alpha value is -4.41. The summed E-state index contributed by atoms with van der Waals surface area (Å²) in [4.78, 5) is 30.7. The summed E-state index contributed by atoms with van der Waals surface area (Å²) in [6, 6.07) is 7.97. The van der Waals surface area contributed by atoms with Gasteiger partial charge in [0.05, 0.1) is 22.5 Å². The fourth-order valence-electron chi connectivity index (χ4n) is 10.1. The molecule has 4 aromatic rings. The zero-order chi connectivity index (χ0) is 42.6. The van der Waals surface area contributed by atoms with E-state index in [1.807, 2.05) is 33.8 Å². The molecule has 0 N–H and O–H groups in total. The molecule has 0 aliphatic carbocycles. The van der Waals surface area contributed by atoms with Crippen LogP contribution in [0.2, 0.25) is 16.6 Å². The van der Waals surface area contributed by atoms with Gasteiger partial charge in [0, 0.05) is 43.1 Å². The summed E-state index contributed by atoms with van der Waals surface area (Å²) in [5.74, 6) is 2.12. The number of aromatic nitrogens is 3. The van der Waals surface area contributed by atoms with Crippen molar-refractivity contribution in [2.75, 3.05) is 26.2 Å². The molecule has 2 aromatic carbocycles. The van der Waals surface area contributed by atoms with Crippen molar-refractivity contribution in [2.24, 2.45) is 0 Å². The van der Waals surface area contributed by atoms with Crippen molar-refractivity contribution in [1.29, 1.82) is 0 Å². The van der Waals surface area contributed by atoms with Gasteiger partial charge in [0.2, 0.25) is 5.88 Å². The monoisotopic (exact) mass is 829 g/mol. The Bertz CT molecular complexity index is 2280. The lowest BCUT2D eigenvalue weighted by molar-refractivity contribution is 0.0190. The topological polar surface area (TPSA) is 89.9 Å². The lowest BCUT2D eigenvalue weighted by Gasteiger charge is -2.38. The Morgan fingerprint density at radius 1 is 1.03 bits per heavy atom. The molecule has 5 heterocycles. The number of halogens is 3. The minimum atomic E-state index is -2.26. The highest BCUT2D eigenvalue weighted by Crippen LogP contribution is 2.43. The van der Waals surface area contributed by atoms with Crippen molar-refractivity contribution in [3.8, 4) is 34.6 Å². The second-order valence-corrected chi connectivity index (χ2v) is 24.3. The first-order valence-corrected chi connectivity index (χ1v) is 23.4. The zero-order valence-electron chi connectivity index (χ0n) is 36.1. The van der Waals surface area contributed by atoms with Crippen LogP contribution in [0.25, 0.3) is 32.9 Å². The van der Waals surface area contributed by atoms with Crippen LogP contribution in [-0.4, -0.2) is 94.6 Å². The van der Waals surface area contributed by atoms with Crippen LogP contribution >= 0.6 is 0 Å². The molecular weight excluding hydrogens is 772 g/mol. The maximum Gasteiger partial charge on any atom is 0.410 e. The molecule has 0 saturated carbocycles. The average Bonchev–Trinajstić information content (AvgIpc) is 3.82. The van der Waals surface area contributed by atoms with E-state index in [9.17, 15) is 9.18 Å². The molecule has 2 aromatic heterocycles. The van der Waals surface area contributed by atoms with Crippen LogP contribution < -0.4 is 9.47 Å². The van der Waals surface area contributed by atoms with Crippen molar-refractivity contribution in [3.05, 3.63) is 53.7 Å². The third kappa shape index (κ3) is 7.99. The van der Waals surface area contributed by atoms with Gasteiger partial charge < -0.3 is 19.1 Å². The number of carbonyl (C=O) groups excluding carboxylic acids is 1. The highest BCUT2D eigenvalue weighted by atomic mass is 28.3. The predicted octanol–water partition coefficient (Wildman–Crippen LogP) is 10.4. The molecule has 316 valence electrons. The van der Waals surface area contributed by atoms with Gasteiger partial charge in [-0.3, -0.25) is 9.88 Å². The second-order valence-electron chi connectivity index (χ2n) is 18.7. The number of alkyl halides is 1. The minimum absolute atomic E-state index is 0.0330. The molecule has 0 bridgehead atoms. The Balaban J connectivity index is 1.34. The van der Waals surface area contributed by atoms with Gasteiger partial charge in [0.1, 0.15) is 49.6 Å². The normalized spacial score (nSPS) is 22.4. The molecule has 7 rings (SSSR count). The molecule has 0 unspecified atom stereocenters. The molecule has 3 aliphatic heterocycles. The standard InChI is InChI=1S/C46H58F3N5O4Si/c1-27(2)59(28(3)4,29(5)6)22-18-33-36(48)16-15-31-13-11-14-34(38(31)33)40-39(49)41-35(24-50-40)42(57-37-17-21-54(30(37)7)44(55)58-45(8,9)10)52-43(51-41)56-26-46-19-12-20-53(46)25-32(47)23-46/h11,13-16,24,27-30,32,37H,12,17,19-21,23,25-26H2,1-10H3/t30-,32-,37-,46+/m1/s1. The first-order chi connectivity index (χ1) is 27.8. The first kappa shape index (κ1) is 42.7. The van der Waals surface area contributed by atoms with Crippen molar-refractivity contribution in [3.63, 3.8) is 0 Å². The molecule has 0 radical (unpaired) electrons. The molecule has 9 nitrogen and oxygen atoms in total. The van der Waals surface area contributed by atoms with E-state index in [0.717, 1.165) is 19.4 Å². The number of hydrogen-bond donors (Lipinski definition) is 0. The van der Waals surface area contributed by atoms with E-state index < -0.39 is 55.3 Å². The van der Waals surface area contributed by atoms with Crippen molar-refractivity contribution >= 4 is 35.8 Å². The van der Waals surface area contributed by atoms with E-state index in [4.69, 9.17) is 14.2 Å². The van der Waals surface area contributed by atoms with E-state index in [-0.39, 0.29) is 40.7 Å². The zero-order valence-corrected chi connectivity index (χ0v) is 37.1. The highest BCUT2D eigenvalue weighted by molar-refractivity contribution is 6.90. The van der Waals surface area contributed by atoms with Gasteiger partial charge in [-0.25, -0.2) is 18.0 Å². The second kappa shape index (κ2) is 16.2. The highest BCUT2D eigenvalue weighted by Gasteiger charge is 2.49. The van der Waals surface area contributed by atoms with Crippen LogP contribution in [0, 0.1) is 23.1 Å². The SMILES string of the molecule is CC(C)[Si](C#Cc1c(F)ccc2cccc(-c3ncc4c(O[C@@H]5CCN(C(=O)OC(C)(C)C)[C@@H]5C)nc(OC[C@@]56CCCN5C[C@H](F)C6)nc4c3F)c12)(C(C)C)C(C)C. The predicted molar refractivity (Wildman–Crippen MR) is 228 cm³/mol. The summed E-state index contributed by atoms with van der Waals surface area (Å²) in [6.07, 6.45) is 2.06. The van der Waals surface area contributed by atoms with Crippen molar-refractivity contribution in [2.45, 2.75) is 141 Å². The smallest absolute Gasteiger partial charge is 0.410 e. The van der Waals surface area contributed by atoms with Crippen molar-refractivity contribution < 1.29 is 32.2 Å². The molecular formula is C46H58F3N5O4Si. The fourth-order valence-corrected chi connectivity index (χ4v) is 15.3. The first-order valence-electron chi connectivity index (χ1n) is 21.1.